The Kier molecular flexibility index (Phi) is 4.36. The standard InChI is InChI=1S/C17H22N4/c1-2-6-18-13-15-3-4-17-16(12-15)5-8-21(17)11-10-20-9-7-19-14-20/h3-5,7-9,12,14,18H,2,6,10-11,13H2,1H3. The molecule has 0 amide bonds. The number of nitrogens with zero attached hydrogens (tertiary/aromatic N) is 3. The van der Waals surface area contributed by atoms with E-state index in [1.54, 1.807) is 0 Å². The Morgan fingerprint density at radius 3 is 2.90 bits per heavy atom. The summed E-state index contributed by atoms with van der Waals surface area (Å²) in [6.45, 7) is 6.13. The van der Waals surface area contributed by atoms with Gasteiger partial charge < -0.3 is 14.5 Å². The van der Waals surface area contributed by atoms with Crippen LogP contribution >= 0.6 is 0 Å². The highest BCUT2D eigenvalue weighted by molar-refractivity contribution is 5.80. The number of aromatic nitrogens is 3. The number of benzene rings is 1. The molecule has 0 spiro atoms. The van der Waals surface area contributed by atoms with Crippen molar-refractivity contribution in [3.63, 3.8) is 0 Å². The largest absolute Gasteiger partial charge is 0.346 e. The molecular weight excluding hydrogens is 260 g/mol. The molecule has 3 aromatic rings. The molecule has 110 valence electrons. The fourth-order valence-corrected chi connectivity index (χ4v) is 2.61. The molecule has 4 nitrogen and oxygen atoms in total. The van der Waals surface area contributed by atoms with Crippen LogP contribution in [-0.4, -0.2) is 20.7 Å². The van der Waals surface area contributed by atoms with E-state index in [1.807, 2.05) is 18.7 Å². The predicted octanol–water partition coefficient (Wildman–Crippen LogP) is 3.04. The number of imidazole rings is 1. The number of nitrogens with one attached hydrogen (secondary N) is 1. The summed E-state index contributed by atoms with van der Waals surface area (Å²) in [5.41, 5.74) is 2.65. The van der Waals surface area contributed by atoms with E-state index in [-0.39, 0.29) is 0 Å². The number of hydrogen-bond donors (Lipinski definition) is 1. The van der Waals surface area contributed by atoms with Gasteiger partial charge >= 0.3 is 0 Å². The first kappa shape index (κ1) is 13.9. The van der Waals surface area contributed by atoms with Crippen LogP contribution in [0.2, 0.25) is 0 Å². The smallest absolute Gasteiger partial charge is 0.0946 e. The van der Waals surface area contributed by atoms with Gasteiger partial charge in [0.2, 0.25) is 0 Å². The molecule has 0 unspecified atom stereocenters. The summed E-state index contributed by atoms with van der Waals surface area (Å²) in [6, 6.07) is 8.93. The highest BCUT2D eigenvalue weighted by Gasteiger charge is 2.02. The lowest BCUT2D eigenvalue weighted by Crippen LogP contribution is -2.13. The Morgan fingerprint density at radius 1 is 1.14 bits per heavy atom. The lowest BCUT2D eigenvalue weighted by atomic mass is 10.1. The summed E-state index contributed by atoms with van der Waals surface area (Å²) >= 11 is 0. The van der Waals surface area contributed by atoms with Crippen LogP contribution in [0.25, 0.3) is 10.9 Å². The van der Waals surface area contributed by atoms with Crippen LogP contribution in [0.15, 0.2) is 49.2 Å². The maximum atomic E-state index is 4.08. The first-order chi connectivity index (χ1) is 10.4. The van der Waals surface area contributed by atoms with Gasteiger partial charge in [0, 0.05) is 43.7 Å². The van der Waals surface area contributed by atoms with Gasteiger partial charge in [-0.25, -0.2) is 4.98 Å². The molecule has 0 atom stereocenters. The first-order valence-electron chi connectivity index (χ1n) is 7.61. The van der Waals surface area contributed by atoms with E-state index in [9.17, 15) is 0 Å². The number of fused-ring (bicyclic) bond motifs is 1. The second kappa shape index (κ2) is 6.59. The average molecular weight is 282 g/mol. The van der Waals surface area contributed by atoms with Crippen molar-refractivity contribution in [1.29, 1.82) is 0 Å². The first-order valence-corrected chi connectivity index (χ1v) is 7.61. The second-order valence-corrected chi connectivity index (χ2v) is 5.38. The lowest BCUT2D eigenvalue weighted by molar-refractivity contribution is 0.592. The fraction of sp³-hybridized carbons (Fsp3) is 0.353. The van der Waals surface area contributed by atoms with Gasteiger partial charge in [-0.3, -0.25) is 0 Å². The van der Waals surface area contributed by atoms with Crippen molar-refractivity contribution in [2.45, 2.75) is 33.0 Å². The molecule has 0 radical (unpaired) electrons. The molecule has 0 saturated heterocycles. The van der Waals surface area contributed by atoms with Crippen molar-refractivity contribution >= 4 is 10.9 Å². The Bertz CT molecular complexity index is 682. The van der Waals surface area contributed by atoms with Gasteiger partial charge in [0.25, 0.3) is 0 Å². The maximum absolute atomic E-state index is 4.08. The monoisotopic (exact) mass is 282 g/mol. The third-order valence-corrected chi connectivity index (χ3v) is 3.75. The molecule has 4 heteroatoms. The van der Waals surface area contributed by atoms with Gasteiger partial charge in [-0.05, 0) is 42.1 Å². The molecular formula is C17H22N4. The molecule has 0 bridgehead atoms. The van der Waals surface area contributed by atoms with Crippen LogP contribution in [0.3, 0.4) is 0 Å². The van der Waals surface area contributed by atoms with Crippen molar-refractivity contribution in [1.82, 2.24) is 19.4 Å². The van der Waals surface area contributed by atoms with E-state index < -0.39 is 0 Å². The summed E-state index contributed by atoms with van der Waals surface area (Å²) in [5, 5.41) is 4.77. The zero-order chi connectivity index (χ0) is 14.5. The lowest BCUT2D eigenvalue weighted by Gasteiger charge is -2.07. The van der Waals surface area contributed by atoms with Gasteiger partial charge in [0.05, 0.1) is 6.33 Å². The summed E-state index contributed by atoms with van der Waals surface area (Å²) in [5.74, 6) is 0. The van der Waals surface area contributed by atoms with E-state index in [2.05, 4.69) is 56.8 Å². The summed E-state index contributed by atoms with van der Waals surface area (Å²) < 4.78 is 4.41. The zero-order valence-electron chi connectivity index (χ0n) is 12.5. The van der Waals surface area contributed by atoms with Crippen molar-refractivity contribution in [2.75, 3.05) is 6.54 Å². The average Bonchev–Trinajstić information content (AvgIpc) is 3.14. The summed E-state index contributed by atoms with van der Waals surface area (Å²) in [4.78, 5) is 4.08. The van der Waals surface area contributed by atoms with Crippen LogP contribution in [0, 0.1) is 0 Å². The second-order valence-electron chi connectivity index (χ2n) is 5.38. The number of aryl methyl sites for hydroxylation is 2. The molecule has 3 rings (SSSR count). The minimum atomic E-state index is 0.948. The SMILES string of the molecule is CCCNCc1ccc2c(ccn2CCn2ccnc2)c1. The van der Waals surface area contributed by atoms with Crippen LogP contribution < -0.4 is 5.32 Å². The van der Waals surface area contributed by atoms with Gasteiger partial charge in [-0.1, -0.05) is 13.0 Å². The molecule has 2 heterocycles. The predicted molar refractivity (Wildman–Crippen MR) is 86.2 cm³/mol. The van der Waals surface area contributed by atoms with Gasteiger partial charge in [-0.15, -0.1) is 0 Å². The van der Waals surface area contributed by atoms with E-state index in [1.165, 1.54) is 22.9 Å². The normalized spacial score (nSPS) is 11.3. The molecule has 2 aromatic heterocycles. The van der Waals surface area contributed by atoms with Crippen molar-refractivity contribution in [3.8, 4) is 0 Å². The zero-order valence-corrected chi connectivity index (χ0v) is 12.5. The molecule has 0 aliphatic carbocycles. The van der Waals surface area contributed by atoms with Crippen LogP contribution in [0.1, 0.15) is 18.9 Å². The molecule has 0 aliphatic rings. The highest BCUT2D eigenvalue weighted by atomic mass is 15.1. The molecule has 1 aromatic carbocycles. The van der Waals surface area contributed by atoms with E-state index in [0.29, 0.717) is 0 Å². The Hall–Kier alpha value is -2.07. The van der Waals surface area contributed by atoms with E-state index in [0.717, 1.165) is 26.2 Å². The van der Waals surface area contributed by atoms with Crippen LogP contribution in [-0.2, 0) is 19.6 Å². The topological polar surface area (TPSA) is 34.8 Å². The van der Waals surface area contributed by atoms with Gasteiger partial charge in [0.1, 0.15) is 0 Å². The minimum absolute atomic E-state index is 0.948. The third-order valence-electron chi connectivity index (χ3n) is 3.75. The fourth-order valence-electron chi connectivity index (χ4n) is 2.61. The number of rotatable bonds is 7. The Balaban J connectivity index is 1.70. The molecule has 1 N–H and O–H groups in total. The van der Waals surface area contributed by atoms with Crippen LogP contribution in [0.5, 0.6) is 0 Å². The van der Waals surface area contributed by atoms with Crippen molar-refractivity contribution < 1.29 is 0 Å². The summed E-state index contributed by atoms with van der Waals surface area (Å²) in [6.07, 6.45) is 9.04. The Morgan fingerprint density at radius 2 is 2.10 bits per heavy atom. The van der Waals surface area contributed by atoms with Crippen molar-refractivity contribution in [3.05, 3.63) is 54.7 Å². The highest BCUT2D eigenvalue weighted by Crippen LogP contribution is 2.18. The maximum Gasteiger partial charge on any atom is 0.0946 e. The molecule has 0 aliphatic heterocycles. The van der Waals surface area contributed by atoms with E-state index >= 15 is 0 Å². The Labute approximate surface area is 125 Å². The molecule has 0 fully saturated rings. The summed E-state index contributed by atoms with van der Waals surface area (Å²) in [7, 11) is 0. The van der Waals surface area contributed by atoms with Crippen molar-refractivity contribution in [2.24, 2.45) is 0 Å². The van der Waals surface area contributed by atoms with Gasteiger partial charge in [0.15, 0.2) is 0 Å². The third kappa shape index (κ3) is 3.34. The quantitative estimate of drug-likeness (QED) is 0.676. The minimum Gasteiger partial charge on any atom is -0.346 e. The number of hydrogen-bond acceptors (Lipinski definition) is 2. The van der Waals surface area contributed by atoms with Crippen LogP contribution in [0.4, 0.5) is 0 Å². The molecule has 0 saturated carbocycles. The van der Waals surface area contributed by atoms with Gasteiger partial charge in [-0.2, -0.15) is 0 Å². The molecule has 21 heavy (non-hydrogen) atoms. The van der Waals surface area contributed by atoms with E-state index in [4.69, 9.17) is 0 Å².